The van der Waals surface area contributed by atoms with Crippen molar-refractivity contribution in [2.45, 2.75) is 64.1 Å². The Morgan fingerprint density at radius 2 is 1.45 bits per heavy atom. The van der Waals surface area contributed by atoms with Gasteiger partial charge in [0.1, 0.15) is 24.4 Å². The Bertz CT molecular complexity index is 1330. The molecule has 3 N–H and O–H groups in total. The van der Waals surface area contributed by atoms with Crippen LogP contribution >= 0.6 is 0 Å². The third-order valence-corrected chi connectivity index (χ3v) is 8.64. The number of likely N-dealkylation sites (N-methyl/N-ethyl adjacent to an activating group) is 1. The molecule has 8 nitrogen and oxygen atoms in total. The molecule has 234 valence electrons. The van der Waals surface area contributed by atoms with Gasteiger partial charge in [-0.2, -0.15) is 0 Å². The lowest BCUT2D eigenvalue weighted by Gasteiger charge is -2.33. The number of nitrogens with one attached hydrogen (secondary N) is 3. The highest BCUT2D eigenvalue weighted by molar-refractivity contribution is 5.93. The lowest BCUT2D eigenvalue weighted by molar-refractivity contribution is -0.141. The monoisotopic (exact) mass is 598 g/mol. The summed E-state index contributed by atoms with van der Waals surface area (Å²) < 4.78 is 6.12. The van der Waals surface area contributed by atoms with Crippen LogP contribution in [-0.4, -0.2) is 67.5 Å². The molecule has 0 radical (unpaired) electrons. The maximum absolute atomic E-state index is 14.0. The van der Waals surface area contributed by atoms with Gasteiger partial charge < -0.3 is 25.6 Å². The predicted molar refractivity (Wildman–Crippen MR) is 173 cm³/mol. The zero-order valence-electron chi connectivity index (χ0n) is 26.3. The van der Waals surface area contributed by atoms with E-state index in [1.807, 2.05) is 98.8 Å². The van der Waals surface area contributed by atoms with Gasteiger partial charge >= 0.3 is 0 Å². The number of ether oxygens (including phenoxy) is 1. The molecule has 3 aromatic carbocycles. The number of para-hydroxylation sites is 1. The fourth-order valence-electron chi connectivity index (χ4n) is 5.65. The van der Waals surface area contributed by atoms with Gasteiger partial charge in [0.25, 0.3) is 0 Å². The maximum atomic E-state index is 14.0. The Hall–Kier alpha value is -4.17. The minimum atomic E-state index is -0.906. The van der Waals surface area contributed by atoms with Crippen LogP contribution < -0.4 is 20.7 Å². The van der Waals surface area contributed by atoms with Crippen molar-refractivity contribution in [2.24, 2.45) is 5.92 Å². The summed E-state index contributed by atoms with van der Waals surface area (Å²) >= 11 is 0. The lowest BCUT2D eigenvalue weighted by Crippen LogP contribution is -2.58. The second-order valence-corrected chi connectivity index (χ2v) is 11.6. The molecule has 0 aliphatic carbocycles. The summed E-state index contributed by atoms with van der Waals surface area (Å²) in [5.74, 6) is -0.438. The van der Waals surface area contributed by atoms with Crippen molar-refractivity contribution >= 4 is 17.7 Å². The fraction of sp³-hybridized carbons (Fsp3) is 0.417. The first-order valence-electron chi connectivity index (χ1n) is 15.7. The highest BCUT2D eigenvalue weighted by Gasteiger charge is 2.36. The van der Waals surface area contributed by atoms with Gasteiger partial charge in [0.05, 0.1) is 6.04 Å². The minimum absolute atomic E-state index is 0.0390. The Morgan fingerprint density at radius 1 is 0.841 bits per heavy atom. The van der Waals surface area contributed by atoms with Gasteiger partial charge in [-0.15, -0.1) is 0 Å². The highest BCUT2D eigenvalue weighted by Crippen LogP contribution is 2.29. The number of carbonyl (C=O) groups is 3. The van der Waals surface area contributed by atoms with E-state index in [-0.39, 0.29) is 23.6 Å². The van der Waals surface area contributed by atoms with Crippen molar-refractivity contribution < 1.29 is 19.1 Å². The van der Waals surface area contributed by atoms with Crippen LogP contribution in [0.3, 0.4) is 0 Å². The molecule has 44 heavy (non-hydrogen) atoms. The maximum Gasteiger partial charge on any atom is 0.243 e. The summed E-state index contributed by atoms with van der Waals surface area (Å²) in [6.07, 6.45) is 2.22. The molecule has 0 unspecified atom stereocenters. The van der Waals surface area contributed by atoms with Crippen LogP contribution in [0, 0.1) is 5.92 Å². The lowest BCUT2D eigenvalue weighted by atomic mass is 9.84. The molecule has 0 bridgehead atoms. The van der Waals surface area contributed by atoms with Crippen molar-refractivity contribution in [3.63, 3.8) is 0 Å². The smallest absolute Gasteiger partial charge is 0.243 e. The number of aryl methyl sites for hydroxylation is 1. The summed E-state index contributed by atoms with van der Waals surface area (Å²) in [5, 5.41) is 9.53. The first-order valence-corrected chi connectivity index (χ1v) is 15.7. The topological polar surface area (TPSA) is 99.8 Å². The molecule has 8 heteroatoms. The van der Waals surface area contributed by atoms with Gasteiger partial charge in [-0.1, -0.05) is 99.1 Å². The molecule has 4 atom stereocenters. The molecule has 0 fully saturated rings. The molecule has 0 saturated carbocycles. The van der Waals surface area contributed by atoms with Gasteiger partial charge in [0.2, 0.25) is 17.7 Å². The third-order valence-electron chi connectivity index (χ3n) is 8.64. The van der Waals surface area contributed by atoms with E-state index in [2.05, 4.69) is 16.0 Å². The summed E-state index contributed by atoms with van der Waals surface area (Å²) in [6, 6.07) is 25.2. The molecular formula is C36H46N4O4. The molecule has 4 rings (SSSR count). The van der Waals surface area contributed by atoms with Crippen LogP contribution in [0.15, 0.2) is 84.9 Å². The standard InChI is InChI=1S/C36H46N4O4/c1-5-25(2)32-36(43)40(4)26(3)34(41)39-33(31(28-16-8-6-9-17-28)29-18-10-7-11-19-29)35(42)38-22-14-20-27-15-12-13-21-30(27)44-24-23-37-32/h6-13,15-19,21,25-26,31-33,37H,5,14,20,22-24H2,1-4H3,(H,38,42)(H,39,41)/t25-,26+,32-,33+/m0/s1. The molecule has 0 spiro atoms. The number of benzene rings is 3. The number of fused-ring (bicyclic) bond motifs is 1. The quantitative estimate of drug-likeness (QED) is 0.407. The summed E-state index contributed by atoms with van der Waals surface area (Å²) in [7, 11) is 1.65. The van der Waals surface area contributed by atoms with E-state index in [1.165, 1.54) is 4.90 Å². The van der Waals surface area contributed by atoms with E-state index in [4.69, 9.17) is 4.74 Å². The van der Waals surface area contributed by atoms with Crippen molar-refractivity contribution in [3.8, 4) is 5.75 Å². The number of hydrogen-bond acceptors (Lipinski definition) is 5. The molecular weight excluding hydrogens is 552 g/mol. The van der Waals surface area contributed by atoms with Crippen LogP contribution in [0.4, 0.5) is 0 Å². The van der Waals surface area contributed by atoms with Gasteiger partial charge in [0, 0.05) is 26.1 Å². The van der Waals surface area contributed by atoms with Crippen molar-refractivity contribution in [1.82, 2.24) is 20.9 Å². The molecule has 1 aliphatic rings. The third kappa shape index (κ3) is 8.26. The van der Waals surface area contributed by atoms with Crippen molar-refractivity contribution in [3.05, 3.63) is 102 Å². The van der Waals surface area contributed by atoms with Crippen LogP contribution in [0.5, 0.6) is 5.75 Å². The summed E-state index contributed by atoms with van der Waals surface area (Å²) in [6.45, 7) is 7.09. The van der Waals surface area contributed by atoms with E-state index >= 15 is 0 Å². The first kappa shape index (κ1) is 32.7. The van der Waals surface area contributed by atoms with E-state index in [0.29, 0.717) is 26.1 Å². The second-order valence-electron chi connectivity index (χ2n) is 11.6. The van der Waals surface area contributed by atoms with Gasteiger partial charge in [-0.05, 0) is 48.4 Å². The Balaban J connectivity index is 1.70. The number of amides is 3. The highest BCUT2D eigenvalue weighted by atomic mass is 16.5. The number of carbonyl (C=O) groups excluding carboxylic acids is 3. The summed E-state index contributed by atoms with van der Waals surface area (Å²) in [5.41, 5.74) is 2.87. The van der Waals surface area contributed by atoms with Crippen LogP contribution in [0.2, 0.25) is 0 Å². The van der Waals surface area contributed by atoms with Crippen molar-refractivity contribution in [2.75, 3.05) is 26.7 Å². The normalized spacial score (nSPS) is 21.7. The number of nitrogens with zero attached hydrogens (tertiary/aromatic N) is 1. The molecule has 3 amide bonds. The largest absolute Gasteiger partial charge is 0.492 e. The number of hydrogen-bond donors (Lipinski definition) is 3. The second kappa shape index (κ2) is 16.1. The predicted octanol–water partition coefficient (Wildman–Crippen LogP) is 4.30. The SMILES string of the molecule is CC[C@H](C)[C@@H]1NCCOc2ccccc2CCCNC(=O)[C@@H](C(c2ccccc2)c2ccccc2)NC(=O)[C@@H](C)N(C)C1=O. The Labute approximate surface area is 261 Å². The zero-order valence-corrected chi connectivity index (χ0v) is 26.3. The number of rotatable bonds is 5. The van der Waals surface area contributed by atoms with Crippen molar-refractivity contribution in [1.29, 1.82) is 0 Å². The molecule has 1 heterocycles. The first-order chi connectivity index (χ1) is 21.3. The van der Waals surface area contributed by atoms with E-state index in [9.17, 15) is 14.4 Å². The van der Waals surface area contributed by atoms with E-state index in [1.54, 1.807) is 14.0 Å². The van der Waals surface area contributed by atoms with Crippen LogP contribution in [0.1, 0.15) is 56.2 Å². The molecule has 3 aromatic rings. The average Bonchev–Trinajstić information content (AvgIpc) is 3.06. The Morgan fingerprint density at radius 3 is 2.09 bits per heavy atom. The molecule has 1 aliphatic heterocycles. The van der Waals surface area contributed by atoms with Gasteiger partial charge in [-0.3, -0.25) is 14.4 Å². The minimum Gasteiger partial charge on any atom is -0.492 e. The van der Waals surface area contributed by atoms with Crippen LogP contribution in [-0.2, 0) is 20.8 Å². The van der Waals surface area contributed by atoms with E-state index in [0.717, 1.165) is 35.3 Å². The van der Waals surface area contributed by atoms with Gasteiger partial charge in [-0.25, -0.2) is 0 Å². The fourth-order valence-corrected chi connectivity index (χ4v) is 5.65. The zero-order chi connectivity index (χ0) is 31.5. The van der Waals surface area contributed by atoms with E-state index < -0.39 is 24.0 Å². The molecule has 0 saturated heterocycles. The van der Waals surface area contributed by atoms with Gasteiger partial charge in [0.15, 0.2) is 0 Å². The summed E-state index contributed by atoms with van der Waals surface area (Å²) in [4.78, 5) is 43.1. The Kier molecular flexibility index (Phi) is 11.9. The van der Waals surface area contributed by atoms with Crippen LogP contribution in [0.25, 0.3) is 0 Å². The molecule has 0 aromatic heterocycles. The average molecular weight is 599 g/mol.